The Balaban J connectivity index is 1.95. The number of hydrogen-bond donors (Lipinski definition) is 2. The summed E-state index contributed by atoms with van der Waals surface area (Å²) >= 11 is 1.83. The second-order valence-corrected chi connectivity index (χ2v) is 5.84. The van der Waals surface area contributed by atoms with Gasteiger partial charge in [-0.1, -0.05) is 6.92 Å². The lowest BCUT2D eigenvalue weighted by molar-refractivity contribution is 0.950. The molecule has 19 heavy (non-hydrogen) atoms. The molecule has 2 heterocycles. The Labute approximate surface area is 118 Å². The Bertz CT molecular complexity index is 516. The van der Waals surface area contributed by atoms with Crippen molar-refractivity contribution in [1.29, 1.82) is 0 Å². The second-order valence-electron chi connectivity index (χ2n) is 4.50. The molecule has 0 bridgehead atoms. The zero-order chi connectivity index (χ0) is 13.7. The molecule has 4 nitrogen and oxygen atoms in total. The number of nitrogens with zero attached hydrogens (tertiary/aromatic N) is 2. The summed E-state index contributed by atoms with van der Waals surface area (Å²) in [6, 6.07) is 4.12. The van der Waals surface area contributed by atoms with Gasteiger partial charge in [0.05, 0.1) is 6.54 Å². The second kappa shape index (κ2) is 6.52. The van der Waals surface area contributed by atoms with E-state index in [2.05, 4.69) is 47.4 Å². The molecule has 0 atom stereocenters. The van der Waals surface area contributed by atoms with Crippen molar-refractivity contribution in [3.8, 4) is 0 Å². The van der Waals surface area contributed by atoms with E-state index in [1.807, 2.05) is 17.4 Å². The van der Waals surface area contributed by atoms with Gasteiger partial charge >= 0.3 is 0 Å². The molecule has 0 aromatic carbocycles. The van der Waals surface area contributed by atoms with Gasteiger partial charge in [-0.05, 0) is 38.0 Å². The average molecular weight is 276 g/mol. The molecule has 0 aliphatic rings. The van der Waals surface area contributed by atoms with E-state index in [-0.39, 0.29) is 0 Å². The van der Waals surface area contributed by atoms with Gasteiger partial charge < -0.3 is 10.6 Å². The molecule has 0 fully saturated rings. The molecule has 2 aromatic rings. The van der Waals surface area contributed by atoms with Crippen molar-refractivity contribution >= 4 is 23.1 Å². The molecule has 0 saturated heterocycles. The topological polar surface area (TPSA) is 49.8 Å². The van der Waals surface area contributed by atoms with E-state index < -0.39 is 0 Å². The van der Waals surface area contributed by atoms with Crippen molar-refractivity contribution in [1.82, 2.24) is 9.97 Å². The van der Waals surface area contributed by atoms with Crippen LogP contribution >= 0.6 is 11.3 Å². The van der Waals surface area contributed by atoms with E-state index in [1.54, 1.807) is 6.20 Å². The van der Waals surface area contributed by atoms with E-state index in [1.165, 1.54) is 15.3 Å². The Hall–Kier alpha value is -1.62. The first-order valence-electron chi connectivity index (χ1n) is 6.55. The van der Waals surface area contributed by atoms with Crippen molar-refractivity contribution in [3.63, 3.8) is 0 Å². The van der Waals surface area contributed by atoms with Crippen LogP contribution in [0, 0.1) is 13.8 Å². The summed E-state index contributed by atoms with van der Waals surface area (Å²) in [6.07, 6.45) is 2.84. The first-order chi connectivity index (χ1) is 9.19. The Kier molecular flexibility index (Phi) is 4.74. The number of rotatable bonds is 6. The number of thiophene rings is 1. The SMILES string of the molecule is CCCNc1nccc(NCc2cc(C)c(C)s2)n1. The number of aromatic nitrogens is 2. The smallest absolute Gasteiger partial charge is 0.224 e. The van der Waals surface area contributed by atoms with Gasteiger partial charge in [0.15, 0.2) is 0 Å². The van der Waals surface area contributed by atoms with Crippen LogP contribution in [0.5, 0.6) is 0 Å². The van der Waals surface area contributed by atoms with Crippen molar-refractivity contribution in [2.45, 2.75) is 33.7 Å². The molecule has 0 saturated carbocycles. The summed E-state index contributed by atoms with van der Waals surface area (Å²) in [5, 5.41) is 6.52. The summed E-state index contributed by atoms with van der Waals surface area (Å²) < 4.78 is 0. The molecule has 5 heteroatoms. The van der Waals surface area contributed by atoms with Crippen molar-refractivity contribution in [2.24, 2.45) is 0 Å². The van der Waals surface area contributed by atoms with Crippen LogP contribution in [-0.2, 0) is 6.54 Å². The molecule has 0 spiro atoms. The molecule has 2 rings (SSSR count). The minimum Gasteiger partial charge on any atom is -0.365 e. The molecule has 0 aliphatic carbocycles. The van der Waals surface area contributed by atoms with Crippen molar-refractivity contribution in [2.75, 3.05) is 17.2 Å². The zero-order valence-electron chi connectivity index (χ0n) is 11.7. The quantitative estimate of drug-likeness (QED) is 0.846. The third kappa shape index (κ3) is 3.92. The normalized spacial score (nSPS) is 10.5. The van der Waals surface area contributed by atoms with Gasteiger partial charge in [-0.2, -0.15) is 4.98 Å². The summed E-state index contributed by atoms with van der Waals surface area (Å²) in [4.78, 5) is 11.3. The highest BCUT2D eigenvalue weighted by atomic mass is 32.1. The maximum Gasteiger partial charge on any atom is 0.224 e. The van der Waals surface area contributed by atoms with Crippen LogP contribution in [0.2, 0.25) is 0 Å². The van der Waals surface area contributed by atoms with Crippen LogP contribution in [0.1, 0.15) is 28.7 Å². The molecule has 0 unspecified atom stereocenters. The molecule has 0 amide bonds. The van der Waals surface area contributed by atoms with Crippen LogP contribution in [0.3, 0.4) is 0 Å². The van der Waals surface area contributed by atoms with Crippen LogP contribution in [-0.4, -0.2) is 16.5 Å². The molecule has 2 N–H and O–H groups in total. The number of anilines is 2. The van der Waals surface area contributed by atoms with Gasteiger partial charge in [0.1, 0.15) is 5.82 Å². The Morgan fingerprint density at radius 1 is 1.26 bits per heavy atom. The van der Waals surface area contributed by atoms with Gasteiger partial charge in [0.2, 0.25) is 5.95 Å². The monoisotopic (exact) mass is 276 g/mol. The van der Waals surface area contributed by atoms with Gasteiger partial charge in [-0.25, -0.2) is 4.98 Å². The summed E-state index contributed by atoms with van der Waals surface area (Å²) in [7, 11) is 0. The fraction of sp³-hybridized carbons (Fsp3) is 0.429. The van der Waals surface area contributed by atoms with Crippen LogP contribution in [0.15, 0.2) is 18.3 Å². The standard InChI is InChI=1S/C14H20N4S/c1-4-6-15-14-16-7-5-13(18-14)17-9-12-8-10(2)11(3)19-12/h5,7-8H,4,6,9H2,1-3H3,(H2,15,16,17,18). The first kappa shape index (κ1) is 13.8. The van der Waals surface area contributed by atoms with Crippen molar-refractivity contribution in [3.05, 3.63) is 33.6 Å². The predicted octanol–water partition coefficient (Wildman–Crippen LogP) is 3.59. The van der Waals surface area contributed by atoms with Crippen LogP contribution in [0.25, 0.3) is 0 Å². The summed E-state index contributed by atoms with van der Waals surface area (Å²) in [5.74, 6) is 1.54. The molecule has 0 aliphatic heterocycles. The molecule has 0 radical (unpaired) electrons. The predicted molar refractivity (Wildman–Crippen MR) is 81.9 cm³/mol. The van der Waals surface area contributed by atoms with E-state index in [0.29, 0.717) is 5.95 Å². The number of nitrogens with one attached hydrogen (secondary N) is 2. The fourth-order valence-electron chi connectivity index (χ4n) is 1.69. The van der Waals surface area contributed by atoms with Crippen LogP contribution < -0.4 is 10.6 Å². The Morgan fingerprint density at radius 3 is 2.79 bits per heavy atom. The third-order valence-corrected chi connectivity index (χ3v) is 4.00. The molecular formula is C14H20N4S. The summed E-state index contributed by atoms with van der Waals surface area (Å²) in [5.41, 5.74) is 1.36. The number of aryl methyl sites for hydroxylation is 2. The lowest BCUT2D eigenvalue weighted by Crippen LogP contribution is -2.06. The lowest BCUT2D eigenvalue weighted by atomic mass is 10.3. The van der Waals surface area contributed by atoms with E-state index >= 15 is 0 Å². The minimum atomic E-state index is 0.686. The zero-order valence-corrected chi connectivity index (χ0v) is 12.5. The fourth-order valence-corrected chi connectivity index (χ4v) is 2.69. The molecular weight excluding hydrogens is 256 g/mol. The average Bonchev–Trinajstić information content (AvgIpc) is 2.74. The maximum absolute atomic E-state index is 4.43. The largest absolute Gasteiger partial charge is 0.365 e. The maximum atomic E-state index is 4.43. The number of hydrogen-bond acceptors (Lipinski definition) is 5. The molecule has 102 valence electrons. The first-order valence-corrected chi connectivity index (χ1v) is 7.37. The van der Waals surface area contributed by atoms with Crippen molar-refractivity contribution < 1.29 is 0 Å². The van der Waals surface area contributed by atoms with Gasteiger partial charge in [-0.15, -0.1) is 11.3 Å². The van der Waals surface area contributed by atoms with E-state index in [4.69, 9.17) is 0 Å². The Morgan fingerprint density at radius 2 is 2.11 bits per heavy atom. The van der Waals surface area contributed by atoms with Crippen LogP contribution in [0.4, 0.5) is 11.8 Å². The summed E-state index contributed by atoms with van der Waals surface area (Å²) in [6.45, 7) is 8.13. The highest BCUT2D eigenvalue weighted by Crippen LogP contribution is 2.21. The van der Waals surface area contributed by atoms with Gasteiger partial charge in [-0.3, -0.25) is 0 Å². The van der Waals surface area contributed by atoms with Gasteiger partial charge in [0.25, 0.3) is 0 Å². The third-order valence-electron chi connectivity index (χ3n) is 2.85. The van der Waals surface area contributed by atoms with E-state index in [0.717, 1.165) is 25.3 Å². The highest BCUT2D eigenvalue weighted by molar-refractivity contribution is 7.12. The lowest BCUT2D eigenvalue weighted by Gasteiger charge is -2.06. The van der Waals surface area contributed by atoms with Gasteiger partial charge in [0, 0.05) is 22.5 Å². The van der Waals surface area contributed by atoms with E-state index in [9.17, 15) is 0 Å². The minimum absolute atomic E-state index is 0.686. The highest BCUT2D eigenvalue weighted by Gasteiger charge is 2.02. The molecule has 2 aromatic heterocycles.